The standard InChI is InChI=1S/C21H20FNO6/c1-23(19(24)16-10-17(20(25)26)18(16)21(27)28)11-12-2-6-14(7-3-12)29-15-8-4-13(22)5-9-15/h2-9,16-18H,10-11H2,1H3,(H,25,26)(H,27,28). The molecule has 3 atom stereocenters. The van der Waals surface area contributed by atoms with Crippen molar-refractivity contribution in [3.05, 3.63) is 59.9 Å². The summed E-state index contributed by atoms with van der Waals surface area (Å²) in [6, 6.07) is 12.6. The van der Waals surface area contributed by atoms with Crippen LogP contribution in [0.4, 0.5) is 4.39 Å². The van der Waals surface area contributed by atoms with E-state index < -0.39 is 29.7 Å². The van der Waals surface area contributed by atoms with Gasteiger partial charge in [-0.15, -0.1) is 0 Å². The Balaban J connectivity index is 1.59. The molecule has 2 aromatic rings. The number of halogens is 1. The minimum absolute atomic E-state index is 0.0277. The number of carbonyl (C=O) groups excluding carboxylic acids is 1. The smallest absolute Gasteiger partial charge is 0.308 e. The maximum Gasteiger partial charge on any atom is 0.308 e. The number of aliphatic carboxylic acids is 2. The summed E-state index contributed by atoms with van der Waals surface area (Å²) < 4.78 is 18.5. The lowest BCUT2D eigenvalue weighted by Gasteiger charge is -2.40. The number of benzene rings is 2. The van der Waals surface area contributed by atoms with Crippen molar-refractivity contribution in [1.82, 2.24) is 4.90 Å². The highest BCUT2D eigenvalue weighted by molar-refractivity contribution is 5.91. The van der Waals surface area contributed by atoms with Crippen LogP contribution in [0.2, 0.25) is 0 Å². The van der Waals surface area contributed by atoms with Gasteiger partial charge in [-0.2, -0.15) is 0 Å². The largest absolute Gasteiger partial charge is 0.481 e. The minimum Gasteiger partial charge on any atom is -0.481 e. The van der Waals surface area contributed by atoms with Crippen LogP contribution in [0.3, 0.4) is 0 Å². The van der Waals surface area contributed by atoms with Gasteiger partial charge in [-0.05, 0) is 48.4 Å². The van der Waals surface area contributed by atoms with Crippen molar-refractivity contribution in [3.8, 4) is 11.5 Å². The fourth-order valence-electron chi connectivity index (χ4n) is 3.44. The normalized spacial score (nSPS) is 20.4. The number of ether oxygens (including phenoxy) is 1. The van der Waals surface area contributed by atoms with E-state index in [0.29, 0.717) is 11.5 Å². The van der Waals surface area contributed by atoms with Crippen LogP contribution in [-0.2, 0) is 20.9 Å². The molecule has 0 bridgehead atoms. The van der Waals surface area contributed by atoms with E-state index >= 15 is 0 Å². The van der Waals surface area contributed by atoms with Crippen LogP contribution in [0.5, 0.6) is 11.5 Å². The van der Waals surface area contributed by atoms with Crippen LogP contribution in [0.25, 0.3) is 0 Å². The molecule has 1 aliphatic carbocycles. The molecule has 0 aromatic heterocycles. The molecule has 3 rings (SSSR count). The minimum atomic E-state index is -1.27. The third kappa shape index (κ3) is 4.53. The summed E-state index contributed by atoms with van der Waals surface area (Å²) in [5.41, 5.74) is 0.799. The number of carboxylic acids is 2. The average molecular weight is 401 g/mol. The predicted octanol–water partition coefficient (Wildman–Crippen LogP) is 3.00. The van der Waals surface area contributed by atoms with Crippen LogP contribution in [0.1, 0.15) is 12.0 Å². The van der Waals surface area contributed by atoms with Gasteiger partial charge in [0.1, 0.15) is 17.3 Å². The zero-order chi connectivity index (χ0) is 21.1. The van der Waals surface area contributed by atoms with Crippen molar-refractivity contribution < 1.29 is 33.7 Å². The predicted molar refractivity (Wildman–Crippen MR) is 99.7 cm³/mol. The zero-order valence-corrected chi connectivity index (χ0v) is 15.6. The quantitative estimate of drug-likeness (QED) is 0.739. The fourth-order valence-corrected chi connectivity index (χ4v) is 3.44. The number of rotatable bonds is 7. The van der Waals surface area contributed by atoms with Crippen LogP contribution in [0.15, 0.2) is 48.5 Å². The van der Waals surface area contributed by atoms with Crippen molar-refractivity contribution in [2.45, 2.75) is 13.0 Å². The lowest BCUT2D eigenvalue weighted by molar-refractivity contribution is -0.171. The molecule has 0 radical (unpaired) electrons. The molecule has 0 aliphatic heterocycles. The van der Waals surface area contributed by atoms with E-state index in [9.17, 15) is 23.9 Å². The van der Waals surface area contributed by atoms with Gasteiger partial charge in [0.05, 0.1) is 17.8 Å². The summed E-state index contributed by atoms with van der Waals surface area (Å²) >= 11 is 0. The van der Waals surface area contributed by atoms with E-state index in [1.807, 2.05) is 0 Å². The lowest BCUT2D eigenvalue weighted by atomic mass is 9.64. The van der Waals surface area contributed by atoms with Gasteiger partial charge in [-0.3, -0.25) is 14.4 Å². The molecule has 0 saturated heterocycles. The lowest BCUT2D eigenvalue weighted by Crippen LogP contribution is -2.52. The molecule has 2 N–H and O–H groups in total. The van der Waals surface area contributed by atoms with Gasteiger partial charge in [0.25, 0.3) is 0 Å². The molecule has 29 heavy (non-hydrogen) atoms. The molecule has 0 heterocycles. The van der Waals surface area contributed by atoms with Gasteiger partial charge < -0.3 is 19.8 Å². The monoisotopic (exact) mass is 401 g/mol. The highest BCUT2D eigenvalue weighted by Gasteiger charge is 2.53. The van der Waals surface area contributed by atoms with E-state index in [4.69, 9.17) is 9.84 Å². The van der Waals surface area contributed by atoms with Gasteiger partial charge in [-0.25, -0.2) is 4.39 Å². The number of carbonyl (C=O) groups is 3. The van der Waals surface area contributed by atoms with Crippen LogP contribution in [-0.4, -0.2) is 40.0 Å². The van der Waals surface area contributed by atoms with Crippen molar-refractivity contribution in [1.29, 1.82) is 0 Å². The van der Waals surface area contributed by atoms with Gasteiger partial charge in [-0.1, -0.05) is 12.1 Å². The summed E-state index contributed by atoms with van der Waals surface area (Å²) in [6.07, 6.45) is 0.0277. The summed E-state index contributed by atoms with van der Waals surface area (Å²) in [6.45, 7) is 0.246. The summed E-state index contributed by atoms with van der Waals surface area (Å²) in [4.78, 5) is 36.4. The Morgan fingerprint density at radius 2 is 1.52 bits per heavy atom. The first-order valence-corrected chi connectivity index (χ1v) is 8.99. The van der Waals surface area contributed by atoms with Crippen LogP contribution in [0, 0.1) is 23.6 Å². The first-order chi connectivity index (χ1) is 13.8. The second-order valence-electron chi connectivity index (χ2n) is 7.05. The second-order valence-corrected chi connectivity index (χ2v) is 7.05. The number of carboxylic acid groups (broad SMARTS) is 2. The second kappa shape index (κ2) is 8.30. The molecule has 1 aliphatic rings. The Kier molecular flexibility index (Phi) is 5.81. The Morgan fingerprint density at radius 3 is 2.03 bits per heavy atom. The molecule has 1 saturated carbocycles. The van der Waals surface area contributed by atoms with Crippen molar-refractivity contribution in [2.75, 3.05) is 7.05 Å². The summed E-state index contributed by atoms with van der Waals surface area (Å²) in [5.74, 6) is -5.23. The molecule has 1 amide bonds. The maximum atomic E-state index is 12.9. The van der Waals surface area contributed by atoms with Crippen LogP contribution < -0.4 is 4.74 Å². The van der Waals surface area contributed by atoms with Gasteiger partial charge in [0, 0.05) is 13.6 Å². The number of hydrogen-bond acceptors (Lipinski definition) is 4. The molecule has 8 heteroatoms. The highest BCUT2D eigenvalue weighted by atomic mass is 19.1. The van der Waals surface area contributed by atoms with Crippen molar-refractivity contribution in [2.24, 2.45) is 17.8 Å². The molecule has 0 spiro atoms. The average Bonchev–Trinajstić information content (AvgIpc) is 2.63. The Morgan fingerprint density at radius 1 is 0.966 bits per heavy atom. The van der Waals surface area contributed by atoms with E-state index in [2.05, 4.69) is 0 Å². The SMILES string of the molecule is CN(Cc1ccc(Oc2ccc(F)cc2)cc1)C(=O)C1CC(C(=O)O)C1C(=O)O. The van der Waals surface area contributed by atoms with E-state index in [1.54, 1.807) is 31.3 Å². The molecule has 2 aromatic carbocycles. The van der Waals surface area contributed by atoms with Gasteiger partial charge >= 0.3 is 11.9 Å². The number of hydrogen-bond donors (Lipinski definition) is 2. The van der Waals surface area contributed by atoms with Gasteiger partial charge in [0.15, 0.2) is 0 Å². The zero-order valence-electron chi connectivity index (χ0n) is 15.6. The first-order valence-electron chi connectivity index (χ1n) is 8.99. The topological polar surface area (TPSA) is 104 Å². The highest BCUT2D eigenvalue weighted by Crippen LogP contribution is 2.42. The Labute approximate surface area is 166 Å². The number of nitrogens with zero attached hydrogens (tertiary/aromatic N) is 1. The van der Waals surface area contributed by atoms with Crippen molar-refractivity contribution >= 4 is 17.8 Å². The van der Waals surface area contributed by atoms with E-state index in [-0.39, 0.29) is 24.7 Å². The van der Waals surface area contributed by atoms with E-state index in [1.165, 1.54) is 29.2 Å². The maximum absolute atomic E-state index is 12.9. The molecule has 152 valence electrons. The summed E-state index contributed by atoms with van der Waals surface area (Å²) in [5, 5.41) is 18.3. The first kappa shape index (κ1) is 20.3. The Bertz CT molecular complexity index is 912. The molecular formula is C21H20FNO6. The molecular weight excluding hydrogens is 381 g/mol. The Hall–Kier alpha value is -3.42. The number of amides is 1. The molecule has 7 nitrogen and oxygen atoms in total. The molecule has 1 fully saturated rings. The van der Waals surface area contributed by atoms with Crippen LogP contribution >= 0.6 is 0 Å². The fraction of sp³-hybridized carbons (Fsp3) is 0.286. The van der Waals surface area contributed by atoms with Gasteiger partial charge in [0.2, 0.25) is 5.91 Å². The van der Waals surface area contributed by atoms with Crippen molar-refractivity contribution in [3.63, 3.8) is 0 Å². The van der Waals surface area contributed by atoms with E-state index in [0.717, 1.165) is 5.56 Å². The third-order valence-electron chi connectivity index (χ3n) is 5.06. The molecule has 3 unspecified atom stereocenters. The third-order valence-corrected chi connectivity index (χ3v) is 5.06. The summed E-state index contributed by atoms with van der Waals surface area (Å²) in [7, 11) is 1.55.